The van der Waals surface area contributed by atoms with Gasteiger partial charge in [0.2, 0.25) is 5.91 Å². The number of nitrogens with zero attached hydrogens (tertiary/aromatic N) is 2. The summed E-state index contributed by atoms with van der Waals surface area (Å²) in [5, 5.41) is 10.4. The first-order valence-corrected chi connectivity index (χ1v) is 9.02. The summed E-state index contributed by atoms with van der Waals surface area (Å²) in [4.78, 5) is 27.0. The zero-order valence-corrected chi connectivity index (χ0v) is 14.9. The lowest BCUT2D eigenvalue weighted by Crippen LogP contribution is -2.43. The van der Waals surface area contributed by atoms with E-state index in [1.54, 1.807) is 0 Å². The molecule has 132 valence electrons. The Morgan fingerprint density at radius 1 is 1.21 bits per heavy atom. The lowest BCUT2D eigenvalue weighted by molar-refractivity contribution is -0.140. The van der Waals surface area contributed by atoms with Crippen molar-refractivity contribution in [3.05, 3.63) is 17.0 Å². The van der Waals surface area contributed by atoms with Crippen molar-refractivity contribution >= 4 is 11.8 Å². The van der Waals surface area contributed by atoms with Crippen LogP contribution in [0.5, 0.6) is 0 Å². The molecule has 2 aliphatic rings. The first-order valence-electron chi connectivity index (χ1n) is 9.02. The summed E-state index contributed by atoms with van der Waals surface area (Å²) in [5.74, 6) is 0.0115. The lowest BCUT2D eigenvalue weighted by Gasteiger charge is -2.32. The van der Waals surface area contributed by atoms with Crippen molar-refractivity contribution in [2.24, 2.45) is 5.41 Å². The van der Waals surface area contributed by atoms with E-state index in [-0.39, 0.29) is 17.9 Å². The third-order valence-electron chi connectivity index (χ3n) is 5.02. The van der Waals surface area contributed by atoms with Crippen molar-refractivity contribution in [3.63, 3.8) is 0 Å². The Labute approximate surface area is 143 Å². The molecule has 3 rings (SSSR count). The number of carbonyl (C=O) groups excluding carboxylic acids is 2. The zero-order valence-electron chi connectivity index (χ0n) is 14.9. The molecule has 0 spiro atoms. The number of aromatic nitrogens is 2. The lowest BCUT2D eigenvalue weighted by atomic mass is 9.93. The van der Waals surface area contributed by atoms with E-state index in [2.05, 4.69) is 15.5 Å². The summed E-state index contributed by atoms with van der Waals surface area (Å²) >= 11 is 0. The maximum Gasteiger partial charge on any atom is 0.272 e. The van der Waals surface area contributed by atoms with Gasteiger partial charge in [0.15, 0.2) is 5.69 Å². The van der Waals surface area contributed by atoms with E-state index >= 15 is 0 Å². The average molecular weight is 332 g/mol. The third-order valence-corrected chi connectivity index (χ3v) is 5.02. The predicted octanol–water partition coefficient (Wildman–Crippen LogP) is 2.40. The van der Waals surface area contributed by atoms with Crippen LogP contribution in [-0.4, -0.2) is 39.5 Å². The van der Waals surface area contributed by atoms with E-state index in [0.717, 1.165) is 30.5 Å². The van der Waals surface area contributed by atoms with Gasteiger partial charge in [0.05, 0.1) is 0 Å². The molecule has 0 saturated heterocycles. The summed E-state index contributed by atoms with van der Waals surface area (Å²) in [6, 6.07) is 0.259. The minimum absolute atomic E-state index is 0.107. The molecule has 2 amide bonds. The molecular weight excluding hydrogens is 304 g/mol. The second-order valence-corrected chi connectivity index (χ2v) is 8.06. The average Bonchev–Trinajstić information content (AvgIpc) is 2.97. The Hall–Kier alpha value is -1.85. The second-order valence-electron chi connectivity index (χ2n) is 8.06. The van der Waals surface area contributed by atoms with Gasteiger partial charge in [-0.05, 0) is 12.8 Å². The number of amides is 2. The number of rotatable bonds is 2. The smallest absolute Gasteiger partial charge is 0.272 e. The van der Waals surface area contributed by atoms with Gasteiger partial charge in [-0.2, -0.15) is 5.10 Å². The maximum atomic E-state index is 12.6. The molecule has 1 saturated carbocycles. The molecule has 6 heteroatoms. The van der Waals surface area contributed by atoms with Gasteiger partial charge in [0.1, 0.15) is 0 Å². The Balaban J connectivity index is 1.73. The molecule has 24 heavy (non-hydrogen) atoms. The highest BCUT2D eigenvalue weighted by atomic mass is 16.2. The Morgan fingerprint density at radius 2 is 1.92 bits per heavy atom. The fourth-order valence-corrected chi connectivity index (χ4v) is 3.63. The molecule has 1 fully saturated rings. The van der Waals surface area contributed by atoms with E-state index in [1.165, 1.54) is 19.3 Å². The highest BCUT2D eigenvalue weighted by Crippen LogP contribution is 2.26. The van der Waals surface area contributed by atoms with Crippen LogP contribution < -0.4 is 5.32 Å². The molecule has 1 aliphatic carbocycles. The predicted molar refractivity (Wildman–Crippen MR) is 91.5 cm³/mol. The molecule has 6 nitrogen and oxygen atoms in total. The number of aromatic amines is 1. The van der Waals surface area contributed by atoms with Gasteiger partial charge in [-0.3, -0.25) is 14.7 Å². The van der Waals surface area contributed by atoms with Crippen LogP contribution in [0.3, 0.4) is 0 Å². The minimum atomic E-state index is -0.411. The Bertz CT molecular complexity index is 623. The highest BCUT2D eigenvalue weighted by Gasteiger charge is 2.33. The molecule has 1 aromatic heterocycles. The van der Waals surface area contributed by atoms with Gasteiger partial charge < -0.3 is 10.2 Å². The fraction of sp³-hybridized carbons (Fsp3) is 0.722. The monoisotopic (exact) mass is 332 g/mol. The maximum absolute atomic E-state index is 12.6. The number of hydrogen-bond donors (Lipinski definition) is 2. The largest absolute Gasteiger partial charge is 0.348 e. The number of carbonyl (C=O) groups is 2. The molecule has 1 aromatic rings. The fourth-order valence-electron chi connectivity index (χ4n) is 3.63. The first kappa shape index (κ1) is 17.0. The third kappa shape index (κ3) is 3.47. The molecule has 0 unspecified atom stereocenters. The number of hydrogen-bond acceptors (Lipinski definition) is 3. The van der Waals surface area contributed by atoms with Crippen LogP contribution in [0.2, 0.25) is 0 Å². The quantitative estimate of drug-likeness (QED) is 0.873. The Morgan fingerprint density at radius 3 is 2.58 bits per heavy atom. The van der Waals surface area contributed by atoms with E-state index in [1.807, 2.05) is 25.7 Å². The molecule has 2 heterocycles. The van der Waals surface area contributed by atoms with Gasteiger partial charge in [0.25, 0.3) is 5.91 Å². The number of H-pyrrole nitrogens is 1. The van der Waals surface area contributed by atoms with E-state index in [0.29, 0.717) is 18.8 Å². The van der Waals surface area contributed by atoms with Crippen molar-refractivity contribution in [1.29, 1.82) is 0 Å². The normalized spacial score (nSPS) is 19.0. The summed E-state index contributed by atoms with van der Waals surface area (Å²) in [6.07, 6.45) is 6.43. The zero-order chi connectivity index (χ0) is 17.3. The molecular formula is C18H28N4O2. The molecule has 0 atom stereocenters. The SMILES string of the molecule is CC(C)(C)C(=O)N1CCc2[nH]nc(C(=O)NC3CCCCC3)c2C1. The van der Waals surface area contributed by atoms with Crippen LogP contribution >= 0.6 is 0 Å². The van der Waals surface area contributed by atoms with Crippen LogP contribution in [0.25, 0.3) is 0 Å². The van der Waals surface area contributed by atoms with Crippen molar-refractivity contribution in [2.45, 2.75) is 71.9 Å². The van der Waals surface area contributed by atoms with E-state index < -0.39 is 5.41 Å². The second kappa shape index (κ2) is 6.57. The van der Waals surface area contributed by atoms with Gasteiger partial charge in [0, 0.05) is 42.2 Å². The van der Waals surface area contributed by atoms with Crippen LogP contribution in [0.15, 0.2) is 0 Å². The van der Waals surface area contributed by atoms with Gasteiger partial charge >= 0.3 is 0 Å². The van der Waals surface area contributed by atoms with Crippen LogP contribution in [0, 0.1) is 5.41 Å². The van der Waals surface area contributed by atoms with Crippen LogP contribution in [0.4, 0.5) is 0 Å². The number of fused-ring (bicyclic) bond motifs is 1. The van der Waals surface area contributed by atoms with Crippen LogP contribution in [0.1, 0.15) is 74.6 Å². The number of nitrogens with one attached hydrogen (secondary N) is 2. The summed E-state index contributed by atoms with van der Waals surface area (Å²) in [5.41, 5.74) is 1.92. The molecule has 0 aromatic carbocycles. The van der Waals surface area contributed by atoms with Gasteiger partial charge in [-0.15, -0.1) is 0 Å². The van der Waals surface area contributed by atoms with Crippen molar-refractivity contribution in [3.8, 4) is 0 Å². The highest BCUT2D eigenvalue weighted by molar-refractivity contribution is 5.94. The standard InChI is InChI=1S/C18H28N4O2/c1-18(2,3)17(24)22-10-9-14-13(11-22)15(21-20-14)16(23)19-12-7-5-4-6-8-12/h12H,4-11H2,1-3H3,(H,19,23)(H,20,21). The molecule has 2 N–H and O–H groups in total. The molecule has 0 radical (unpaired) electrons. The van der Waals surface area contributed by atoms with Crippen molar-refractivity contribution in [2.75, 3.05) is 6.54 Å². The summed E-state index contributed by atoms with van der Waals surface area (Å²) in [7, 11) is 0. The molecule has 1 aliphatic heterocycles. The van der Waals surface area contributed by atoms with E-state index in [9.17, 15) is 9.59 Å². The minimum Gasteiger partial charge on any atom is -0.348 e. The molecule has 0 bridgehead atoms. The van der Waals surface area contributed by atoms with Gasteiger partial charge in [-0.1, -0.05) is 40.0 Å². The summed E-state index contributed by atoms with van der Waals surface area (Å²) in [6.45, 7) is 6.93. The topological polar surface area (TPSA) is 78.1 Å². The van der Waals surface area contributed by atoms with Crippen LogP contribution in [-0.2, 0) is 17.8 Å². The Kier molecular flexibility index (Phi) is 4.65. The van der Waals surface area contributed by atoms with Gasteiger partial charge in [-0.25, -0.2) is 0 Å². The first-order chi connectivity index (χ1) is 11.4. The van der Waals surface area contributed by atoms with Crippen molar-refractivity contribution in [1.82, 2.24) is 20.4 Å². The summed E-state index contributed by atoms with van der Waals surface area (Å²) < 4.78 is 0. The van der Waals surface area contributed by atoms with Crippen molar-refractivity contribution < 1.29 is 9.59 Å². The van der Waals surface area contributed by atoms with E-state index in [4.69, 9.17) is 0 Å².